The van der Waals surface area contributed by atoms with Crippen LogP contribution in [0.4, 0.5) is 0 Å². The number of rotatable bonds is 9. The molecule has 4 saturated carbocycles. The van der Waals surface area contributed by atoms with Gasteiger partial charge in [0, 0.05) is 31.3 Å². The van der Waals surface area contributed by atoms with E-state index in [1.54, 1.807) is 0 Å². The number of benzene rings is 2. The van der Waals surface area contributed by atoms with Gasteiger partial charge in [0.25, 0.3) is 0 Å². The lowest BCUT2D eigenvalue weighted by atomic mass is 9.45. The molecule has 0 heterocycles. The van der Waals surface area contributed by atoms with E-state index in [1.807, 2.05) is 0 Å². The molecule has 0 spiro atoms. The Morgan fingerprint density at radius 3 is 1.24 bits per heavy atom. The molecule has 2 aromatic carbocycles. The van der Waals surface area contributed by atoms with E-state index >= 15 is 9.59 Å². The third-order valence-corrected chi connectivity index (χ3v) is 16.1. The molecule has 4 fully saturated rings. The Kier molecular flexibility index (Phi) is 7.42. The molecular formula is C38H48Br2O2. The van der Waals surface area contributed by atoms with Crippen LogP contribution in [0, 0.1) is 44.3 Å². The molecule has 4 aliphatic carbocycles. The summed E-state index contributed by atoms with van der Waals surface area (Å²) in [6, 6.07) is 21.2. The van der Waals surface area contributed by atoms with Crippen molar-refractivity contribution in [2.75, 3.05) is 0 Å². The number of alkyl halides is 2. The average molecular weight is 697 g/mol. The zero-order valence-electron chi connectivity index (χ0n) is 26.3. The largest absolute Gasteiger partial charge is 0.298 e. The van der Waals surface area contributed by atoms with Crippen LogP contribution in [0.2, 0.25) is 0 Å². The van der Waals surface area contributed by atoms with Crippen LogP contribution in [0.1, 0.15) is 114 Å². The summed E-state index contributed by atoms with van der Waals surface area (Å²) in [6.45, 7) is 13.9. The maximum Gasteiger partial charge on any atom is 0.146 e. The van der Waals surface area contributed by atoms with E-state index in [0.29, 0.717) is 11.6 Å². The Balaban J connectivity index is 1.51. The average Bonchev–Trinajstić information content (AvgIpc) is 3.46. The number of fused-ring (bicyclic) bond motifs is 4. The molecule has 2 aromatic rings. The number of ketones is 2. The first-order valence-corrected chi connectivity index (χ1v) is 18.0. The van der Waals surface area contributed by atoms with Gasteiger partial charge in [0.05, 0.1) is 0 Å². The number of halogens is 2. The zero-order chi connectivity index (χ0) is 30.3. The third kappa shape index (κ3) is 3.72. The first-order chi connectivity index (χ1) is 19.7. The van der Waals surface area contributed by atoms with Gasteiger partial charge in [-0.15, -0.1) is 0 Å². The Morgan fingerprint density at radius 2 is 0.952 bits per heavy atom. The van der Waals surface area contributed by atoms with E-state index in [2.05, 4.69) is 134 Å². The Morgan fingerprint density at radius 1 is 0.619 bits per heavy atom. The fourth-order valence-corrected chi connectivity index (χ4v) is 12.3. The minimum Gasteiger partial charge on any atom is -0.298 e. The topological polar surface area (TPSA) is 34.1 Å². The highest BCUT2D eigenvalue weighted by molar-refractivity contribution is 9.09. The van der Waals surface area contributed by atoms with Gasteiger partial charge in [-0.2, -0.15) is 0 Å². The standard InChI is InChI=1S/C38H48Br2O2/c1-33(2)29-19-21-35(33,5)31(41)37(29,23-17-27(39)25-13-9-7-10-14-25)38(24-18-28(40)26-15-11-8-12-16-26)30-20-22-36(6,32(38)42)34(30,3)4/h7-16,27-30H,17-24H2,1-6H3. The van der Waals surface area contributed by atoms with Crippen LogP contribution < -0.4 is 0 Å². The minimum atomic E-state index is -0.648. The lowest BCUT2D eigenvalue weighted by Gasteiger charge is -2.56. The summed E-state index contributed by atoms with van der Waals surface area (Å²) >= 11 is 8.07. The van der Waals surface area contributed by atoms with E-state index in [-0.39, 0.29) is 43.2 Å². The predicted molar refractivity (Wildman–Crippen MR) is 179 cm³/mol. The van der Waals surface area contributed by atoms with Crippen LogP contribution in [0.5, 0.6) is 0 Å². The zero-order valence-corrected chi connectivity index (χ0v) is 29.5. The summed E-state index contributed by atoms with van der Waals surface area (Å²) < 4.78 is 0. The van der Waals surface area contributed by atoms with Crippen molar-refractivity contribution in [3.8, 4) is 0 Å². The molecule has 0 saturated heterocycles. The quantitative estimate of drug-likeness (QED) is 0.245. The molecule has 6 rings (SSSR count). The van der Waals surface area contributed by atoms with Gasteiger partial charge in [-0.05, 0) is 85.2 Å². The summed E-state index contributed by atoms with van der Waals surface area (Å²) in [6.07, 6.45) is 7.23. The van der Waals surface area contributed by atoms with Crippen LogP contribution in [0.15, 0.2) is 60.7 Å². The van der Waals surface area contributed by atoms with E-state index in [0.717, 1.165) is 51.4 Å². The predicted octanol–water partition coefficient (Wildman–Crippen LogP) is 10.8. The number of carbonyl (C=O) groups is 2. The summed E-state index contributed by atoms with van der Waals surface area (Å²) in [5.41, 5.74) is 0.158. The van der Waals surface area contributed by atoms with Crippen molar-refractivity contribution >= 4 is 43.4 Å². The molecule has 0 N–H and O–H groups in total. The van der Waals surface area contributed by atoms with Crippen molar-refractivity contribution in [3.05, 3.63) is 71.8 Å². The summed E-state index contributed by atoms with van der Waals surface area (Å²) in [5.74, 6) is 1.25. The minimum absolute atomic E-state index is 0.133. The lowest BCUT2D eigenvalue weighted by Crippen LogP contribution is -2.60. The highest BCUT2D eigenvalue weighted by Crippen LogP contribution is 2.83. The van der Waals surface area contributed by atoms with Gasteiger partial charge in [-0.1, -0.05) is 134 Å². The first-order valence-electron chi connectivity index (χ1n) is 16.2. The molecule has 226 valence electrons. The lowest BCUT2D eigenvalue weighted by molar-refractivity contribution is -0.167. The Hall–Kier alpha value is -1.26. The fourth-order valence-electron chi connectivity index (χ4n) is 11.3. The van der Waals surface area contributed by atoms with Crippen molar-refractivity contribution in [1.82, 2.24) is 0 Å². The number of hydrogen-bond donors (Lipinski definition) is 0. The Labute approximate surface area is 270 Å². The second kappa shape index (κ2) is 10.1. The monoisotopic (exact) mass is 694 g/mol. The van der Waals surface area contributed by atoms with Crippen molar-refractivity contribution in [1.29, 1.82) is 0 Å². The molecule has 0 aliphatic heterocycles. The Bertz CT molecular complexity index is 1260. The van der Waals surface area contributed by atoms with E-state index in [4.69, 9.17) is 0 Å². The van der Waals surface area contributed by atoms with E-state index in [9.17, 15) is 0 Å². The molecule has 42 heavy (non-hydrogen) atoms. The summed E-state index contributed by atoms with van der Waals surface area (Å²) in [7, 11) is 0. The maximum absolute atomic E-state index is 15.4. The van der Waals surface area contributed by atoms with Gasteiger partial charge in [0.15, 0.2) is 0 Å². The van der Waals surface area contributed by atoms with Crippen LogP contribution in [-0.4, -0.2) is 11.6 Å². The van der Waals surface area contributed by atoms with Crippen LogP contribution in [-0.2, 0) is 9.59 Å². The molecule has 0 radical (unpaired) electrons. The fraction of sp³-hybridized carbons (Fsp3) is 0.632. The maximum atomic E-state index is 15.4. The van der Waals surface area contributed by atoms with Crippen LogP contribution >= 0.6 is 31.9 Å². The van der Waals surface area contributed by atoms with Gasteiger partial charge >= 0.3 is 0 Å². The highest BCUT2D eigenvalue weighted by atomic mass is 79.9. The van der Waals surface area contributed by atoms with Gasteiger partial charge in [-0.3, -0.25) is 9.59 Å². The second-order valence-electron chi connectivity index (χ2n) is 15.7. The van der Waals surface area contributed by atoms with Crippen molar-refractivity contribution in [2.45, 2.75) is 103 Å². The molecular weight excluding hydrogens is 648 g/mol. The van der Waals surface area contributed by atoms with Gasteiger partial charge in [-0.25, -0.2) is 0 Å². The molecule has 8 atom stereocenters. The normalized spacial score (nSPS) is 39.1. The van der Waals surface area contributed by atoms with Crippen molar-refractivity contribution < 1.29 is 9.59 Å². The first kappa shape index (κ1) is 30.8. The van der Waals surface area contributed by atoms with E-state index < -0.39 is 10.8 Å². The van der Waals surface area contributed by atoms with Crippen molar-refractivity contribution in [2.24, 2.45) is 44.3 Å². The SMILES string of the molecule is CC12CCC(C1(C)C)C(CCC(Br)c1ccccc1)(C1(CCC(Br)c3ccccc3)C(=O)C3(C)CCC1C3(C)C)C2=O. The van der Waals surface area contributed by atoms with Crippen LogP contribution in [0.25, 0.3) is 0 Å². The van der Waals surface area contributed by atoms with Gasteiger partial charge in [0.1, 0.15) is 11.6 Å². The summed E-state index contributed by atoms with van der Waals surface area (Å²) in [5, 5.41) is 0. The van der Waals surface area contributed by atoms with Gasteiger partial charge in [0.2, 0.25) is 0 Å². The van der Waals surface area contributed by atoms with Crippen molar-refractivity contribution in [3.63, 3.8) is 0 Å². The van der Waals surface area contributed by atoms with Gasteiger partial charge < -0.3 is 0 Å². The second-order valence-corrected chi connectivity index (χ2v) is 17.9. The summed E-state index contributed by atoms with van der Waals surface area (Å²) in [4.78, 5) is 31.2. The molecule has 4 bridgehead atoms. The third-order valence-electron chi connectivity index (χ3n) is 14.2. The molecule has 2 nitrogen and oxygen atoms in total. The number of carbonyl (C=O) groups excluding carboxylic acids is 2. The highest BCUT2D eigenvalue weighted by Gasteiger charge is 2.85. The number of Topliss-reactive ketones (excluding diaryl/α,β-unsaturated/α-hetero) is 2. The molecule has 4 aliphatic rings. The smallest absolute Gasteiger partial charge is 0.146 e. The van der Waals surface area contributed by atoms with E-state index in [1.165, 1.54) is 11.1 Å². The number of hydrogen-bond acceptors (Lipinski definition) is 2. The molecule has 4 heteroatoms. The molecule has 0 aromatic heterocycles. The molecule has 0 amide bonds. The molecule has 8 unspecified atom stereocenters. The van der Waals surface area contributed by atoms with Crippen LogP contribution in [0.3, 0.4) is 0 Å².